The van der Waals surface area contributed by atoms with Gasteiger partial charge in [0, 0.05) is 38.8 Å². The van der Waals surface area contributed by atoms with E-state index in [9.17, 15) is 0 Å². The van der Waals surface area contributed by atoms with E-state index in [-0.39, 0.29) is 0 Å². The summed E-state index contributed by atoms with van der Waals surface area (Å²) in [7, 11) is 1.80. The van der Waals surface area contributed by atoms with Gasteiger partial charge in [0.2, 0.25) is 0 Å². The number of ether oxygens (including phenoxy) is 2. The third-order valence-electron chi connectivity index (χ3n) is 3.48. The molecule has 1 N–H and O–H groups in total. The molecule has 2 aliphatic heterocycles. The highest BCUT2D eigenvalue weighted by Crippen LogP contribution is 2.13. The van der Waals surface area contributed by atoms with E-state index < -0.39 is 0 Å². The predicted molar refractivity (Wildman–Crippen MR) is 59.1 cm³/mol. The molecule has 0 aliphatic carbocycles. The fourth-order valence-corrected chi connectivity index (χ4v) is 2.42. The van der Waals surface area contributed by atoms with Crippen LogP contribution in [0.15, 0.2) is 0 Å². The number of nitrogens with one attached hydrogen (secondary N) is 1. The van der Waals surface area contributed by atoms with Crippen molar-refractivity contribution in [2.45, 2.75) is 31.5 Å². The van der Waals surface area contributed by atoms with Crippen LogP contribution in [0.3, 0.4) is 0 Å². The van der Waals surface area contributed by atoms with E-state index in [4.69, 9.17) is 9.47 Å². The minimum Gasteiger partial charge on any atom is -0.380 e. The molecule has 2 aliphatic rings. The first-order valence-electron chi connectivity index (χ1n) is 5.87. The van der Waals surface area contributed by atoms with Crippen molar-refractivity contribution in [2.75, 3.05) is 40.0 Å². The normalized spacial score (nSPS) is 38.4. The second kappa shape index (κ2) is 5.25. The molecule has 0 saturated carbocycles. The van der Waals surface area contributed by atoms with Gasteiger partial charge in [0.05, 0.1) is 19.3 Å². The van der Waals surface area contributed by atoms with Crippen LogP contribution in [0, 0.1) is 0 Å². The molecule has 88 valence electrons. The molecule has 2 rings (SSSR count). The lowest BCUT2D eigenvalue weighted by atomic mass is 10.1. The Morgan fingerprint density at radius 1 is 1.53 bits per heavy atom. The summed E-state index contributed by atoms with van der Waals surface area (Å²) in [6.45, 7) is 7.19. The molecule has 0 aromatic rings. The lowest BCUT2D eigenvalue weighted by molar-refractivity contribution is -0.00416. The number of rotatable bonds is 3. The average molecular weight is 214 g/mol. The Balaban J connectivity index is 1.76. The molecule has 2 saturated heterocycles. The standard InChI is InChI=1S/C11H22N2O2/c1-9-8-15-4-3-13(9)7-10-5-11(14-2)6-12-10/h9-12H,3-8H2,1-2H3. The van der Waals surface area contributed by atoms with E-state index in [1.165, 1.54) is 0 Å². The Labute approximate surface area is 91.9 Å². The summed E-state index contributed by atoms with van der Waals surface area (Å²) in [4.78, 5) is 2.51. The predicted octanol–water partition coefficient (Wildman–Crippen LogP) is 0.0840. The summed E-state index contributed by atoms with van der Waals surface area (Å²) in [6, 6.07) is 1.15. The summed E-state index contributed by atoms with van der Waals surface area (Å²) < 4.78 is 10.8. The molecule has 0 amide bonds. The molecule has 3 atom stereocenters. The number of hydrogen-bond acceptors (Lipinski definition) is 4. The van der Waals surface area contributed by atoms with E-state index in [0.717, 1.165) is 39.3 Å². The average Bonchev–Trinajstić information content (AvgIpc) is 2.69. The van der Waals surface area contributed by atoms with Crippen molar-refractivity contribution >= 4 is 0 Å². The highest BCUT2D eigenvalue weighted by molar-refractivity contribution is 4.86. The summed E-state index contributed by atoms with van der Waals surface area (Å²) in [5, 5.41) is 3.52. The fraction of sp³-hybridized carbons (Fsp3) is 1.00. The van der Waals surface area contributed by atoms with Gasteiger partial charge in [-0.15, -0.1) is 0 Å². The second-order valence-electron chi connectivity index (χ2n) is 4.62. The van der Waals surface area contributed by atoms with Crippen molar-refractivity contribution < 1.29 is 9.47 Å². The van der Waals surface area contributed by atoms with Crippen LogP contribution >= 0.6 is 0 Å². The van der Waals surface area contributed by atoms with Crippen LogP contribution < -0.4 is 5.32 Å². The minimum absolute atomic E-state index is 0.409. The Kier molecular flexibility index (Phi) is 3.97. The van der Waals surface area contributed by atoms with Gasteiger partial charge in [-0.2, -0.15) is 0 Å². The third-order valence-corrected chi connectivity index (χ3v) is 3.48. The molecule has 0 radical (unpaired) electrons. The molecular weight excluding hydrogens is 192 g/mol. The Bertz CT molecular complexity index is 201. The SMILES string of the molecule is COC1CNC(CN2CCOCC2C)C1. The summed E-state index contributed by atoms with van der Waals surface area (Å²) in [5.74, 6) is 0. The Morgan fingerprint density at radius 3 is 3.07 bits per heavy atom. The van der Waals surface area contributed by atoms with Crippen LogP contribution in [0.1, 0.15) is 13.3 Å². The number of morpholine rings is 1. The summed E-state index contributed by atoms with van der Waals surface area (Å²) in [5.41, 5.74) is 0. The topological polar surface area (TPSA) is 33.7 Å². The van der Waals surface area contributed by atoms with Crippen LogP contribution in [0.5, 0.6) is 0 Å². The van der Waals surface area contributed by atoms with Gasteiger partial charge < -0.3 is 14.8 Å². The molecule has 0 aromatic carbocycles. The van der Waals surface area contributed by atoms with Crippen LogP contribution in [0.4, 0.5) is 0 Å². The van der Waals surface area contributed by atoms with E-state index in [0.29, 0.717) is 18.2 Å². The van der Waals surface area contributed by atoms with Gasteiger partial charge in [-0.3, -0.25) is 4.90 Å². The van der Waals surface area contributed by atoms with Crippen LogP contribution in [-0.2, 0) is 9.47 Å². The van der Waals surface area contributed by atoms with Crippen LogP contribution in [-0.4, -0.2) is 63.0 Å². The zero-order valence-electron chi connectivity index (χ0n) is 9.74. The first-order chi connectivity index (χ1) is 7.29. The molecule has 2 heterocycles. The highest BCUT2D eigenvalue weighted by atomic mass is 16.5. The zero-order chi connectivity index (χ0) is 10.7. The lowest BCUT2D eigenvalue weighted by Crippen LogP contribution is -2.48. The van der Waals surface area contributed by atoms with Gasteiger partial charge in [0.1, 0.15) is 0 Å². The molecule has 4 heteroatoms. The maximum atomic E-state index is 5.43. The highest BCUT2D eigenvalue weighted by Gasteiger charge is 2.28. The van der Waals surface area contributed by atoms with Crippen molar-refractivity contribution in [3.05, 3.63) is 0 Å². The lowest BCUT2D eigenvalue weighted by Gasteiger charge is -2.34. The van der Waals surface area contributed by atoms with Crippen molar-refractivity contribution in [3.8, 4) is 0 Å². The Morgan fingerprint density at radius 2 is 2.40 bits per heavy atom. The summed E-state index contributed by atoms with van der Waals surface area (Å²) >= 11 is 0. The third kappa shape index (κ3) is 2.91. The molecule has 0 bridgehead atoms. The van der Waals surface area contributed by atoms with Crippen molar-refractivity contribution in [3.63, 3.8) is 0 Å². The molecule has 3 unspecified atom stereocenters. The molecule has 4 nitrogen and oxygen atoms in total. The minimum atomic E-state index is 0.409. The second-order valence-corrected chi connectivity index (χ2v) is 4.62. The summed E-state index contributed by atoms with van der Waals surface area (Å²) in [6.07, 6.45) is 1.55. The zero-order valence-corrected chi connectivity index (χ0v) is 9.74. The first kappa shape index (κ1) is 11.3. The van der Waals surface area contributed by atoms with Gasteiger partial charge in [0.15, 0.2) is 0 Å². The largest absolute Gasteiger partial charge is 0.380 e. The van der Waals surface area contributed by atoms with Crippen molar-refractivity contribution in [1.29, 1.82) is 0 Å². The van der Waals surface area contributed by atoms with Gasteiger partial charge in [-0.1, -0.05) is 0 Å². The molecular formula is C11H22N2O2. The van der Waals surface area contributed by atoms with Crippen molar-refractivity contribution in [2.24, 2.45) is 0 Å². The molecule has 0 spiro atoms. The number of hydrogen-bond donors (Lipinski definition) is 1. The molecule has 0 aromatic heterocycles. The van der Waals surface area contributed by atoms with Gasteiger partial charge in [-0.05, 0) is 13.3 Å². The molecule has 15 heavy (non-hydrogen) atoms. The maximum absolute atomic E-state index is 5.43. The quantitative estimate of drug-likeness (QED) is 0.721. The van der Waals surface area contributed by atoms with Crippen LogP contribution in [0.2, 0.25) is 0 Å². The van der Waals surface area contributed by atoms with Crippen molar-refractivity contribution in [1.82, 2.24) is 10.2 Å². The Hall–Kier alpha value is -0.160. The maximum Gasteiger partial charge on any atom is 0.0711 e. The van der Waals surface area contributed by atoms with E-state index in [1.54, 1.807) is 7.11 Å². The fourth-order valence-electron chi connectivity index (χ4n) is 2.42. The van der Waals surface area contributed by atoms with E-state index >= 15 is 0 Å². The number of methoxy groups -OCH3 is 1. The van der Waals surface area contributed by atoms with E-state index in [1.807, 2.05) is 0 Å². The van der Waals surface area contributed by atoms with Gasteiger partial charge >= 0.3 is 0 Å². The monoisotopic (exact) mass is 214 g/mol. The van der Waals surface area contributed by atoms with Gasteiger partial charge in [0.25, 0.3) is 0 Å². The molecule has 2 fully saturated rings. The number of nitrogens with zero attached hydrogens (tertiary/aromatic N) is 1. The van der Waals surface area contributed by atoms with Gasteiger partial charge in [-0.25, -0.2) is 0 Å². The van der Waals surface area contributed by atoms with E-state index in [2.05, 4.69) is 17.1 Å². The smallest absolute Gasteiger partial charge is 0.0711 e. The van der Waals surface area contributed by atoms with Crippen LogP contribution in [0.25, 0.3) is 0 Å². The first-order valence-corrected chi connectivity index (χ1v) is 5.87.